The second-order valence-electron chi connectivity index (χ2n) is 6.02. The molecule has 25 heavy (non-hydrogen) atoms. The van der Waals surface area contributed by atoms with Crippen molar-refractivity contribution in [1.82, 2.24) is 19.6 Å². The molecule has 0 bridgehead atoms. The number of aromatic amines is 1. The molecule has 1 fully saturated rings. The standard InChI is InChI=1S/C16H13F3N4OS/c1-8-12(9-2-4-11(17)5-3-9)13-20-14(21-15(24)23(13)22-8)25-7-10-6-16(10,18)19/h2-5,10H,6-7H2,1H3,(H,20,21,24). The first-order chi connectivity index (χ1) is 11.8. The highest BCUT2D eigenvalue weighted by Gasteiger charge is 2.56. The van der Waals surface area contributed by atoms with Crippen molar-refractivity contribution in [2.45, 2.75) is 24.4 Å². The van der Waals surface area contributed by atoms with E-state index in [2.05, 4.69) is 15.1 Å². The third-order valence-electron chi connectivity index (χ3n) is 4.16. The Balaban J connectivity index is 1.74. The fourth-order valence-corrected chi connectivity index (χ4v) is 3.71. The quantitative estimate of drug-likeness (QED) is 0.720. The Hall–Kier alpha value is -2.29. The summed E-state index contributed by atoms with van der Waals surface area (Å²) in [5.41, 5.74) is 1.69. The minimum Gasteiger partial charge on any atom is -0.285 e. The molecule has 0 spiro atoms. The van der Waals surface area contributed by atoms with Gasteiger partial charge in [-0.05, 0) is 24.6 Å². The third-order valence-corrected chi connectivity index (χ3v) is 5.20. The van der Waals surface area contributed by atoms with E-state index in [1.54, 1.807) is 19.1 Å². The van der Waals surface area contributed by atoms with Gasteiger partial charge >= 0.3 is 5.69 Å². The molecule has 1 saturated carbocycles. The Morgan fingerprint density at radius 1 is 1.36 bits per heavy atom. The number of alkyl halides is 2. The van der Waals surface area contributed by atoms with Crippen molar-refractivity contribution in [3.8, 4) is 11.1 Å². The lowest BCUT2D eigenvalue weighted by Gasteiger charge is -2.03. The highest BCUT2D eigenvalue weighted by Crippen LogP contribution is 2.50. The molecule has 4 rings (SSSR count). The molecule has 1 N–H and O–H groups in total. The van der Waals surface area contributed by atoms with E-state index in [9.17, 15) is 18.0 Å². The topological polar surface area (TPSA) is 63.1 Å². The lowest BCUT2D eigenvalue weighted by atomic mass is 10.1. The van der Waals surface area contributed by atoms with Crippen molar-refractivity contribution < 1.29 is 13.2 Å². The first-order valence-electron chi connectivity index (χ1n) is 7.61. The average Bonchev–Trinajstić information content (AvgIpc) is 3.02. The molecule has 1 unspecified atom stereocenters. The maximum atomic E-state index is 13.2. The van der Waals surface area contributed by atoms with E-state index in [4.69, 9.17) is 0 Å². The maximum absolute atomic E-state index is 13.2. The summed E-state index contributed by atoms with van der Waals surface area (Å²) in [5.74, 6) is -3.47. The van der Waals surface area contributed by atoms with Crippen LogP contribution in [0.1, 0.15) is 12.1 Å². The molecular formula is C16H13F3N4OS. The number of rotatable bonds is 4. The molecule has 0 saturated heterocycles. The summed E-state index contributed by atoms with van der Waals surface area (Å²) in [6.45, 7) is 1.73. The molecule has 1 aliphatic carbocycles. The molecule has 1 atom stereocenters. The second-order valence-corrected chi connectivity index (χ2v) is 7.03. The van der Waals surface area contributed by atoms with E-state index in [1.807, 2.05) is 0 Å². The Kier molecular flexibility index (Phi) is 3.64. The number of hydrogen-bond acceptors (Lipinski definition) is 4. The normalized spacial score (nSPS) is 18.6. The van der Waals surface area contributed by atoms with Gasteiger partial charge in [0.2, 0.25) is 0 Å². The summed E-state index contributed by atoms with van der Waals surface area (Å²) in [6.07, 6.45) is -0.126. The van der Waals surface area contributed by atoms with Crippen LogP contribution >= 0.6 is 11.8 Å². The Labute approximate surface area is 144 Å². The average molecular weight is 366 g/mol. The van der Waals surface area contributed by atoms with Gasteiger partial charge in [-0.3, -0.25) is 4.98 Å². The summed E-state index contributed by atoms with van der Waals surface area (Å²) in [5, 5.41) is 4.44. The van der Waals surface area contributed by atoms with Crippen LogP contribution in [-0.4, -0.2) is 31.3 Å². The molecule has 1 aliphatic rings. The van der Waals surface area contributed by atoms with E-state index < -0.39 is 17.5 Å². The Bertz CT molecular complexity index is 1010. The van der Waals surface area contributed by atoms with E-state index >= 15 is 0 Å². The number of aryl methyl sites for hydroxylation is 1. The van der Waals surface area contributed by atoms with Crippen LogP contribution in [0.15, 0.2) is 34.2 Å². The Morgan fingerprint density at radius 2 is 2.04 bits per heavy atom. The Morgan fingerprint density at radius 3 is 2.68 bits per heavy atom. The van der Waals surface area contributed by atoms with Crippen molar-refractivity contribution in [2.75, 3.05) is 5.75 Å². The van der Waals surface area contributed by atoms with Crippen LogP contribution in [0, 0.1) is 18.7 Å². The van der Waals surface area contributed by atoms with Crippen molar-refractivity contribution >= 4 is 17.4 Å². The molecule has 3 aromatic rings. The smallest absolute Gasteiger partial charge is 0.285 e. The van der Waals surface area contributed by atoms with Gasteiger partial charge in [-0.15, -0.1) is 0 Å². The van der Waals surface area contributed by atoms with Crippen molar-refractivity contribution in [1.29, 1.82) is 0 Å². The van der Waals surface area contributed by atoms with Gasteiger partial charge in [0.1, 0.15) is 5.82 Å². The number of fused-ring (bicyclic) bond motifs is 1. The van der Waals surface area contributed by atoms with Gasteiger partial charge < -0.3 is 0 Å². The summed E-state index contributed by atoms with van der Waals surface area (Å²) in [4.78, 5) is 19.1. The van der Waals surface area contributed by atoms with Crippen LogP contribution in [-0.2, 0) is 0 Å². The van der Waals surface area contributed by atoms with Gasteiger partial charge in [0.05, 0.1) is 5.69 Å². The summed E-state index contributed by atoms with van der Waals surface area (Å²) in [6, 6.07) is 5.80. The van der Waals surface area contributed by atoms with Crippen molar-refractivity contribution in [3.63, 3.8) is 0 Å². The maximum Gasteiger partial charge on any atom is 0.350 e. The minimum absolute atomic E-state index is 0.126. The number of H-pyrrole nitrogens is 1. The number of hydrogen-bond donors (Lipinski definition) is 1. The van der Waals surface area contributed by atoms with E-state index in [0.717, 1.165) is 16.3 Å². The predicted molar refractivity (Wildman–Crippen MR) is 87.5 cm³/mol. The van der Waals surface area contributed by atoms with Crippen LogP contribution in [0.3, 0.4) is 0 Å². The first kappa shape index (κ1) is 16.2. The monoisotopic (exact) mass is 366 g/mol. The molecule has 0 aliphatic heterocycles. The van der Waals surface area contributed by atoms with Crippen LogP contribution in [0.25, 0.3) is 16.8 Å². The van der Waals surface area contributed by atoms with Crippen molar-refractivity contribution in [2.24, 2.45) is 5.92 Å². The number of aromatic nitrogens is 4. The zero-order valence-corrected chi connectivity index (χ0v) is 13.9. The fourth-order valence-electron chi connectivity index (χ4n) is 2.68. The summed E-state index contributed by atoms with van der Waals surface area (Å²) in [7, 11) is 0. The lowest BCUT2D eigenvalue weighted by molar-refractivity contribution is 0.103. The highest BCUT2D eigenvalue weighted by molar-refractivity contribution is 7.99. The predicted octanol–water partition coefficient (Wildman–Crippen LogP) is 3.28. The van der Waals surface area contributed by atoms with E-state index in [0.29, 0.717) is 22.5 Å². The molecule has 0 radical (unpaired) electrons. The summed E-state index contributed by atoms with van der Waals surface area (Å²) >= 11 is 1.09. The highest BCUT2D eigenvalue weighted by atomic mass is 32.2. The number of halogens is 3. The third kappa shape index (κ3) is 2.92. The van der Waals surface area contributed by atoms with Gasteiger partial charge in [0.15, 0.2) is 10.8 Å². The largest absolute Gasteiger partial charge is 0.350 e. The fraction of sp³-hybridized carbons (Fsp3) is 0.312. The molecule has 2 aromatic heterocycles. The van der Waals surface area contributed by atoms with Crippen LogP contribution in [0.2, 0.25) is 0 Å². The zero-order valence-electron chi connectivity index (χ0n) is 13.1. The van der Waals surface area contributed by atoms with Gasteiger partial charge in [-0.25, -0.2) is 22.9 Å². The lowest BCUT2D eigenvalue weighted by Crippen LogP contribution is -2.19. The second kappa shape index (κ2) is 5.62. The van der Waals surface area contributed by atoms with Crippen LogP contribution in [0.5, 0.6) is 0 Å². The molecular weight excluding hydrogens is 353 g/mol. The SMILES string of the molecule is Cc1nn2c(=O)[nH]c(SCC3CC3(F)F)nc2c1-c1ccc(F)cc1. The number of nitrogens with one attached hydrogen (secondary N) is 1. The van der Waals surface area contributed by atoms with Crippen LogP contribution in [0.4, 0.5) is 13.2 Å². The molecule has 2 heterocycles. The molecule has 5 nitrogen and oxygen atoms in total. The molecule has 0 amide bonds. The number of nitrogens with zero attached hydrogens (tertiary/aromatic N) is 3. The molecule has 1 aromatic carbocycles. The minimum atomic E-state index is -2.61. The molecule has 130 valence electrons. The number of benzene rings is 1. The van der Waals surface area contributed by atoms with E-state index in [-0.39, 0.29) is 23.1 Å². The molecule has 9 heteroatoms. The van der Waals surface area contributed by atoms with Gasteiger partial charge in [-0.1, -0.05) is 23.9 Å². The zero-order chi connectivity index (χ0) is 17.8. The van der Waals surface area contributed by atoms with Gasteiger partial charge in [-0.2, -0.15) is 9.61 Å². The van der Waals surface area contributed by atoms with E-state index in [1.165, 1.54) is 12.1 Å². The van der Waals surface area contributed by atoms with Crippen molar-refractivity contribution in [3.05, 3.63) is 46.3 Å². The summed E-state index contributed by atoms with van der Waals surface area (Å²) < 4.78 is 40.3. The van der Waals surface area contributed by atoms with Crippen LogP contribution < -0.4 is 5.69 Å². The van der Waals surface area contributed by atoms with Gasteiger partial charge in [0, 0.05) is 23.7 Å². The number of thioether (sulfide) groups is 1. The first-order valence-corrected chi connectivity index (χ1v) is 8.60. The van der Waals surface area contributed by atoms with Gasteiger partial charge in [0.25, 0.3) is 5.92 Å².